The van der Waals surface area contributed by atoms with Gasteiger partial charge in [-0.05, 0) is 6.42 Å². The highest BCUT2D eigenvalue weighted by atomic mass is 32.1. The van der Waals surface area contributed by atoms with Gasteiger partial charge in [0, 0.05) is 28.6 Å². The third-order valence-corrected chi connectivity index (χ3v) is 3.93. The molecule has 2 aromatic rings. The van der Waals surface area contributed by atoms with Crippen molar-refractivity contribution in [2.45, 2.75) is 18.4 Å². The van der Waals surface area contributed by atoms with Crippen molar-refractivity contribution in [3.63, 3.8) is 0 Å². The first-order chi connectivity index (χ1) is 7.34. The third-order valence-electron chi connectivity index (χ3n) is 2.75. The molecule has 0 amide bonds. The molecule has 1 heterocycles. The summed E-state index contributed by atoms with van der Waals surface area (Å²) in [6.07, 6.45) is 3.10. The van der Waals surface area contributed by atoms with Crippen LogP contribution in [0.1, 0.15) is 17.2 Å². The molecule has 1 aliphatic rings. The number of thiazole rings is 1. The number of nitrogens with two attached hydrogens (primary N) is 1. The molecule has 76 valence electrons. The maximum Gasteiger partial charge on any atom is 0.123 e. The highest BCUT2D eigenvalue weighted by molar-refractivity contribution is 7.15. The fraction of sp³-hybridized carbons (Fsp3) is 0.250. The summed E-state index contributed by atoms with van der Waals surface area (Å²) in [5.41, 5.74) is 7.02. The molecule has 15 heavy (non-hydrogen) atoms. The second-order valence-corrected chi connectivity index (χ2v) is 5.00. The van der Waals surface area contributed by atoms with E-state index in [0.717, 1.165) is 11.4 Å². The van der Waals surface area contributed by atoms with Gasteiger partial charge in [-0.2, -0.15) is 0 Å². The first kappa shape index (κ1) is 9.07. The molecule has 0 unspecified atom stereocenters. The van der Waals surface area contributed by atoms with Crippen LogP contribution in [-0.2, 0) is 0 Å². The number of hydrogen-bond acceptors (Lipinski definition) is 3. The number of rotatable bonds is 2. The van der Waals surface area contributed by atoms with Gasteiger partial charge in [0.15, 0.2) is 0 Å². The molecule has 1 aromatic carbocycles. The smallest absolute Gasteiger partial charge is 0.123 e. The minimum Gasteiger partial charge on any atom is -0.327 e. The van der Waals surface area contributed by atoms with Gasteiger partial charge in [-0.25, -0.2) is 4.98 Å². The Morgan fingerprint density at radius 2 is 2.00 bits per heavy atom. The van der Waals surface area contributed by atoms with E-state index in [2.05, 4.69) is 17.1 Å². The molecule has 1 aliphatic carbocycles. The molecular weight excluding hydrogens is 204 g/mol. The lowest BCUT2D eigenvalue weighted by atomic mass is 10.2. The Morgan fingerprint density at radius 1 is 1.27 bits per heavy atom. The molecule has 0 bridgehead atoms. The Bertz CT molecular complexity index is 463. The Balaban J connectivity index is 1.91. The summed E-state index contributed by atoms with van der Waals surface area (Å²) >= 11 is 1.77. The van der Waals surface area contributed by atoms with Crippen molar-refractivity contribution < 1.29 is 0 Å². The molecule has 1 saturated carbocycles. The number of hydrogen-bond donors (Lipinski definition) is 1. The number of aromatic nitrogens is 1. The maximum absolute atomic E-state index is 5.83. The summed E-state index contributed by atoms with van der Waals surface area (Å²) in [7, 11) is 0. The van der Waals surface area contributed by atoms with Gasteiger partial charge in [0.25, 0.3) is 0 Å². The van der Waals surface area contributed by atoms with Gasteiger partial charge in [-0.15, -0.1) is 11.3 Å². The topological polar surface area (TPSA) is 38.9 Å². The van der Waals surface area contributed by atoms with Crippen LogP contribution in [0.3, 0.4) is 0 Å². The molecule has 0 saturated heterocycles. The van der Waals surface area contributed by atoms with Crippen molar-refractivity contribution in [1.82, 2.24) is 4.98 Å². The van der Waals surface area contributed by atoms with Gasteiger partial charge in [-0.3, -0.25) is 0 Å². The van der Waals surface area contributed by atoms with E-state index in [4.69, 9.17) is 5.73 Å². The summed E-state index contributed by atoms with van der Waals surface area (Å²) < 4.78 is 0. The summed E-state index contributed by atoms with van der Waals surface area (Å²) in [5.74, 6) is 0.569. The first-order valence-electron chi connectivity index (χ1n) is 5.11. The van der Waals surface area contributed by atoms with Crippen molar-refractivity contribution in [2.24, 2.45) is 5.73 Å². The lowest BCUT2D eigenvalue weighted by molar-refractivity contribution is 1.00. The van der Waals surface area contributed by atoms with E-state index in [9.17, 15) is 0 Å². The van der Waals surface area contributed by atoms with Crippen molar-refractivity contribution >= 4 is 11.3 Å². The van der Waals surface area contributed by atoms with Crippen LogP contribution >= 0.6 is 11.3 Å². The van der Waals surface area contributed by atoms with Gasteiger partial charge in [-0.1, -0.05) is 30.3 Å². The molecule has 0 aliphatic heterocycles. The predicted octanol–water partition coefficient (Wildman–Crippen LogP) is 2.62. The fourth-order valence-electron chi connectivity index (χ4n) is 1.71. The second kappa shape index (κ2) is 3.43. The molecule has 0 spiro atoms. The second-order valence-electron chi connectivity index (χ2n) is 3.94. The first-order valence-corrected chi connectivity index (χ1v) is 5.93. The van der Waals surface area contributed by atoms with Gasteiger partial charge >= 0.3 is 0 Å². The van der Waals surface area contributed by atoms with E-state index in [0.29, 0.717) is 12.0 Å². The van der Waals surface area contributed by atoms with Crippen molar-refractivity contribution in [1.29, 1.82) is 0 Å². The van der Waals surface area contributed by atoms with E-state index >= 15 is 0 Å². The molecule has 2 nitrogen and oxygen atoms in total. The molecule has 2 N–H and O–H groups in total. The predicted molar refractivity (Wildman–Crippen MR) is 62.9 cm³/mol. The average Bonchev–Trinajstić information content (AvgIpc) is 2.83. The Morgan fingerprint density at radius 3 is 2.67 bits per heavy atom. The molecular formula is C12H12N2S. The van der Waals surface area contributed by atoms with Crippen molar-refractivity contribution in [2.75, 3.05) is 0 Å². The third kappa shape index (κ3) is 1.68. The van der Waals surface area contributed by atoms with Crippen LogP contribution in [0.2, 0.25) is 0 Å². The normalized spacial score (nSPS) is 24.1. The lowest BCUT2D eigenvalue weighted by Gasteiger charge is -1.93. The monoisotopic (exact) mass is 216 g/mol. The molecule has 1 aromatic heterocycles. The molecule has 1 fully saturated rings. The summed E-state index contributed by atoms with van der Waals surface area (Å²) in [5, 5.41) is 1.10. The highest BCUT2D eigenvalue weighted by Crippen LogP contribution is 2.42. The molecule has 3 heteroatoms. The van der Waals surface area contributed by atoms with Gasteiger partial charge in [0.2, 0.25) is 0 Å². The maximum atomic E-state index is 5.83. The van der Waals surface area contributed by atoms with Crippen LogP contribution in [0.15, 0.2) is 36.5 Å². The lowest BCUT2D eigenvalue weighted by Crippen LogP contribution is -1.99. The summed E-state index contributed by atoms with van der Waals surface area (Å²) in [4.78, 5) is 5.78. The van der Waals surface area contributed by atoms with Crippen LogP contribution in [0.25, 0.3) is 10.6 Å². The van der Waals surface area contributed by atoms with E-state index < -0.39 is 0 Å². The van der Waals surface area contributed by atoms with Crippen molar-refractivity contribution in [3.8, 4) is 10.6 Å². The van der Waals surface area contributed by atoms with E-state index in [1.807, 2.05) is 24.4 Å². The van der Waals surface area contributed by atoms with Gasteiger partial charge in [0.05, 0.1) is 0 Å². The van der Waals surface area contributed by atoms with Crippen molar-refractivity contribution in [3.05, 3.63) is 41.4 Å². The standard InChI is InChI=1S/C12H12N2S/c13-10-6-9(10)11-7-14-12(15-11)8-4-2-1-3-5-8/h1-5,7,9-10H,6,13H2/t9-,10-/m1/s1. The highest BCUT2D eigenvalue weighted by Gasteiger charge is 2.36. The summed E-state index contributed by atoms with van der Waals surface area (Å²) in [6, 6.07) is 10.7. The fourth-order valence-corrected chi connectivity index (χ4v) is 2.82. The quantitative estimate of drug-likeness (QED) is 0.838. The SMILES string of the molecule is N[C@@H]1C[C@H]1c1cnc(-c2ccccc2)s1. The minimum atomic E-state index is 0.370. The number of nitrogens with zero attached hydrogens (tertiary/aromatic N) is 1. The Hall–Kier alpha value is -1.19. The van der Waals surface area contributed by atoms with E-state index in [1.54, 1.807) is 11.3 Å². The van der Waals surface area contributed by atoms with Gasteiger partial charge in [0.1, 0.15) is 5.01 Å². The number of benzene rings is 1. The Labute approximate surface area is 92.8 Å². The molecule has 2 atom stereocenters. The van der Waals surface area contributed by atoms with Crippen LogP contribution in [0.4, 0.5) is 0 Å². The zero-order valence-corrected chi connectivity index (χ0v) is 9.08. The van der Waals surface area contributed by atoms with Crippen LogP contribution in [0, 0.1) is 0 Å². The largest absolute Gasteiger partial charge is 0.327 e. The molecule has 0 radical (unpaired) electrons. The Kier molecular flexibility index (Phi) is 2.08. The van der Waals surface area contributed by atoms with E-state index in [1.165, 1.54) is 10.4 Å². The minimum absolute atomic E-state index is 0.370. The van der Waals surface area contributed by atoms with Gasteiger partial charge < -0.3 is 5.73 Å². The van der Waals surface area contributed by atoms with Crippen LogP contribution in [-0.4, -0.2) is 11.0 Å². The van der Waals surface area contributed by atoms with Crippen LogP contribution in [0.5, 0.6) is 0 Å². The zero-order valence-electron chi connectivity index (χ0n) is 8.26. The summed E-state index contributed by atoms with van der Waals surface area (Å²) in [6.45, 7) is 0. The zero-order chi connectivity index (χ0) is 10.3. The molecule has 3 rings (SSSR count). The van der Waals surface area contributed by atoms with Crippen LogP contribution < -0.4 is 5.73 Å². The van der Waals surface area contributed by atoms with E-state index in [-0.39, 0.29) is 0 Å². The average molecular weight is 216 g/mol.